The van der Waals surface area contributed by atoms with E-state index in [2.05, 4.69) is 31.7 Å². The number of hydrogen-bond acceptors (Lipinski definition) is 1. The molecule has 0 saturated heterocycles. The second-order valence-electron chi connectivity index (χ2n) is 3.60. The Labute approximate surface area is 75.9 Å². The Hall–Kier alpha value is -0.495. The lowest BCUT2D eigenvalue weighted by molar-refractivity contribution is 0.271. The van der Waals surface area contributed by atoms with Crippen molar-refractivity contribution in [3.8, 4) is 0 Å². The smallest absolute Gasteiger partial charge is 0.282 e. The summed E-state index contributed by atoms with van der Waals surface area (Å²) in [5.74, 6) is 1.23. The van der Waals surface area contributed by atoms with Crippen LogP contribution in [0.1, 0.15) is 13.8 Å². The Morgan fingerprint density at radius 2 is 1.92 bits per heavy atom. The summed E-state index contributed by atoms with van der Waals surface area (Å²) in [6, 6.07) is 0. The third-order valence-corrected chi connectivity index (χ3v) is 3.05. The standard InChI is InChI=1S/C10H15BO/c1-6-7(2)9(4)10(5-12-11)8(6)3/h7-8,10H,1,4-5H2,2-3H3. The van der Waals surface area contributed by atoms with Gasteiger partial charge in [0.2, 0.25) is 0 Å². The largest absolute Gasteiger partial charge is 0.447 e. The summed E-state index contributed by atoms with van der Waals surface area (Å²) in [5, 5.41) is 0. The van der Waals surface area contributed by atoms with Crippen molar-refractivity contribution in [3.63, 3.8) is 0 Å². The van der Waals surface area contributed by atoms with Gasteiger partial charge in [0, 0.05) is 12.5 Å². The van der Waals surface area contributed by atoms with Crippen LogP contribution in [0.4, 0.5) is 0 Å². The molecule has 0 spiro atoms. The van der Waals surface area contributed by atoms with Crippen LogP contribution in [0.3, 0.4) is 0 Å². The van der Waals surface area contributed by atoms with Crippen LogP contribution < -0.4 is 0 Å². The molecule has 2 radical (unpaired) electrons. The molecule has 3 unspecified atom stereocenters. The van der Waals surface area contributed by atoms with Crippen molar-refractivity contribution in [1.29, 1.82) is 0 Å². The molecule has 1 fully saturated rings. The van der Waals surface area contributed by atoms with Gasteiger partial charge in [-0.25, -0.2) is 0 Å². The predicted molar refractivity (Wildman–Crippen MR) is 51.8 cm³/mol. The summed E-state index contributed by atoms with van der Waals surface area (Å²) in [5.41, 5.74) is 2.46. The summed E-state index contributed by atoms with van der Waals surface area (Å²) in [4.78, 5) is 0. The molecule has 0 aromatic carbocycles. The number of rotatable bonds is 2. The molecule has 0 aromatic rings. The fourth-order valence-electron chi connectivity index (χ4n) is 1.89. The van der Waals surface area contributed by atoms with E-state index < -0.39 is 0 Å². The molecular weight excluding hydrogens is 147 g/mol. The molecule has 0 heterocycles. The summed E-state index contributed by atoms with van der Waals surface area (Å²) >= 11 is 0. The van der Waals surface area contributed by atoms with Crippen molar-refractivity contribution in [3.05, 3.63) is 24.3 Å². The van der Waals surface area contributed by atoms with Crippen molar-refractivity contribution in [2.75, 3.05) is 6.61 Å². The van der Waals surface area contributed by atoms with Crippen LogP contribution in [-0.4, -0.2) is 14.7 Å². The molecule has 64 valence electrons. The minimum atomic E-state index is 0.359. The van der Waals surface area contributed by atoms with Gasteiger partial charge in [0.1, 0.15) is 0 Å². The molecule has 1 rings (SSSR count). The van der Waals surface area contributed by atoms with Crippen LogP contribution in [0.15, 0.2) is 24.3 Å². The first-order valence-electron chi connectivity index (χ1n) is 4.28. The molecule has 1 saturated carbocycles. The fourth-order valence-corrected chi connectivity index (χ4v) is 1.89. The highest BCUT2D eigenvalue weighted by Crippen LogP contribution is 2.43. The zero-order chi connectivity index (χ0) is 9.30. The Morgan fingerprint density at radius 1 is 1.33 bits per heavy atom. The fraction of sp³-hybridized carbons (Fsp3) is 0.600. The lowest BCUT2D eigenvalue weighted by Crippen LogP contribution is -2.13. The van der Waals surface area contributed by atoms with E-state index in [-0.39, 0.29) is 0 Å². The first-order valence-corrected chi connectivity index (χ1v) is 4.28. The highest BCUT2D eigenvalue weighted by molar-refractivity contribution is 5.97. The molecule has 0 bridgehead atoms. The van der Waals surface area contributed by atoms with Gasteiger partial charge in [-0.3, -0.25) is 0 Å². The highest BCUT2D eigenvalue weighted by Gasteiger charge is 2.34. The third-order valence-electron chi connectivity index (χ3n) is 3.05. The monoisotopic (exact) mass is 162 g/mol. The van der Waals surface area contributed by atoms with Crippen LogP contribution >= 0.6 is 0 Å². The molecule has 1 aliphatic carbocycles. The van der Waals surface area contributed by atoms with Gasteiger partial charge in [0.15, 0.2) is 0 Å². The summed E-state index contributed by atoms with van der Waals surface area (Å²) < 4.78 is 4.66. The third kappa shape index (κ3) is 1.36. The van der Waals surface area contributed by atoms with Gasteiger partial charge in [-0.15, -0.1) is 0 Å². The molecule has 12 heavy (non-hydrogen) atoms. The van der Waals surface area contributed by atoms with Crippen LogP contribution in [0.5, 0.6) is 0 Å². The normalized spacial score (nSPS) is 36.0. The van der Waals surface area contributed by atoms with E-state index in [9.17, 15) is 0 Å². The quantitative estimate of drug-likeness (QED) is 0.446. The minimum absolute atomic E-state index is 0.359. The van der Waals surface area contributed by atoms with Gasteiger partial charge in [-0.1, -0.05) is 38.2 Å². The van der Waals surface area contributed by atoms with E-state index in [1.807, 2.05) is 0 Å². The van der Waals surface area contributed by atoms with E-state index in [1.54, 1.807) is 0 Å². The second kappa shape index (κ2) is 3.48. The maximum absolute atomic E-state index is 5.05. The van der Waals surface area contributed by atoms with Gasteiger partial charge in [0.25, 0.3) is 8.05 Å². The number of allylic oxidation sites excluding steroid dienone is 1. The molecule has 2 heteroatoms. The molecule has 0 N–H and O–H groups in total. The molecule has 1 aliphatic rings. The van der Waals surface area contributed by atoms with Crippen LogP contribution in [0, 0.1) is 17.8 Å². The zero-order valence-corrected chi connectivity index (χ0v) is 7.84. The van der Waals surface area contributed by atoms with E-state index in [0.717, 1.165) is 0 Å². The lowest BCUT2D eigenvalue weighted by Gasteiger charge is -2.15. The van der Waals surface area contributed by atoms with Gasteiger partial charge < -0.3 is 4.65 Å². The average Bonchev–Trinajstić information content (AvgIpc) is 2.23. The van der Waals surface area contributed by atoms with Crippen LogP contribution in [0.2, 0.25) is 0 Å². The van der Waals surface area contributed by atoms with Crippen molar-refractivity contribution < 1.29 is 4.65 Å². The molecular formula is C10H15BO. The molecule has 0 aromatic heterocycles. The molecule has 0 aliphatic heterocycles. The van der Waals surface area contributed by atoms with Gasteiger partial charge in [-0.2, -0.15) is 0 Å². The lowest BCUT2D eigenvalue weighted by atomic mass is 9.95. The van der Waals surface area contributed by atoms with Crippen molar-refractivity contribution in [2.24, 2.45) is 17.8 Å². The van der Waals surface area contributed by atoms with Crippen molar-refractivity contribution in [1.82, 2.24) is 0 Å². The van der Waals surface area contributed by atoms with E-state index in [1.165, 1.54) is 11.1 Å². The maximum Gasteiger partial charge on any atom is 0.282 e. The summed E-state index contributed by atoms with van der Waals surface area (Å²) in [6.07, 6.45) is 0. The van der Waals surface area contributed by atoms with Gasteiger partial charge >= 0.3 is 0 Å². The highest BCUT2D eigenvalue weighted by atomic mass is 16.4. The molecule has 3 atom stereocenters. The van der Waals surface area contributed by atoms with E-state index in [4.69, 9.17) is 8.05 Å². The van der Waals surface area contributed by atoms with E-state index in [0.29, 0.717) is 24.4 Å². The zero-order valence-electron chi connectivity index (χ0n) is 7.84. The molecule has 0 amide bonds. The van der Waals surface area contributed by atoms with Crippen molar-refractivity contribution >= 4 is 8.05 Å². The Bertz CT molecular complexity index is 210. The van der Waals surface area contributed by atoms with Crippen molar-refractivity contribution in [2.45, 2.75) is 13.8 Å². The SMILES string of the molecule is [B]OCC1C(=C)C(C)C(=C)C1C. The first kappa shape index (κ1) is 9.59. The minimum Gasteiger partial charge on any atom is -0.447 e. The Balaban J connectivity index is 2.76. The van der Waals surface area contributed by atoms with E-state index >= 15 is 0 Å². The predicted octanol–water partition coefficient (Wildman–Crippen LogP) is 2.10. The van der Waals surface area contributed by atoms with Crippen LogP contribution in [0.25, 0.3) is 0 Å². The van der Waals surface area contributed by atoms with Crippen LogP contribution in [-0.2, 0) is 4.65 Å². The topological polar surface area (TPSA) is 9.23 Å². The summed E-state index contributed by atoms with van der Waals surface area (Å²) in [6.45, 7) is 12.9. The average molecular weight is 162 g/mol. The first-order chi connectivity index (χ1) is 5.59. The maximum atomic E-state index is 5.05. The number of hydrogen-bond donors (Lipinski definition) is 0. The van der Waals surface area contributed by atoms with Gasteiger partial charge in [0.05, 0.1) is 0 Å². The second-order valence-corrected chi connectivity index (χ2v) is 3.60. The molecule has 1 nitrogen and oxygen atoms in total. The summed E-state index contributed by atoms with van der Waals surface area (Å²) in [7, 11) is 5.05. The Kier molecular flexibility index (Phi) is 2.78. The van der Waals surface area contributed by atoms with Gasteiger partial charge in [-0.05, 0) is 11.8 Å². The Morgan fingerprint density at radius 3 is 2.25 bits per heavy atom.